The third kappa shape index (κ3) is 6.94. The molecule has 0 bridgehead atoms. The van der Waals surface area contributed by atoms with Crippen LogP contribution in [0.25, 0.3) is 0 Å². The second-order valence-corrected chi connectivity index (χ2v) is 4.37. The van der Waals surface area contributed by atoms with Crippen molar-refractivity contribution in [3.63, 3.8) is 0 Å². The summed E-state index contributed by atoms with van der Waals surface area (Å²) in [7, 11) is 4.22. The molecule has 82 valence electrons. The van der Waals surface area contributed by atoms with Crippen LogP contribution in [0, 0.1) is 18.3 Å². The van der Waals surface area contributed by atoms with Gasteiger partial charge in [0.05, 0.1) is 0 Å². The fraction of sp³-hybridized carbons (Fsp3) is 0.833. The van der Waals surface area contributed by atoms with Crippen LogP contribution in [0.1, 0.15) is 26.7 Å². The zero-order chi connectivity index (χ0) is 11.0. The highest BCUT2D eigenvalue weighted by Gasteiger charge is 2.12. The van der Waals surface area contributed by atoms with Gasteiger partial charge in [-0.2, -0.15) is 0 Å². The summed E-state index contributed by atoms with van der Waals surface area (Å²) in [5.41, 5.74) is 0. The molecule has 0 saturated carbocycles. The fourth-order valence-corrected chi connectivity index (χ4v) is 1.38. The van der Waals surface area contributed by atoms with E-state index < -0.39 is 0 Å². The number of nitrogens with one attached hydrogen (secondary N) is 1. The van der Waals surface area contributed by atoms with Gasteiger partial charge in [-0.1, -0.05) is 13.8 Å². The van der Waals surface area contributed by atoms with Gasteiger partial charge in [0.2, 0.25) is 0 Å². The average Bonchev–Trinajstić information content (AvgIpc) is 2.09. The first-order valence-electron chi connectivity index (χ1n) is 5.39. The first-order chi connectivity index (χ1) is 6.57. The Balaban J connectivity index is 3.69. The molecule has 14 heavy (non-hydrogen) atoms. The number of likely N-dealkylation sites (N-methyl/N-ethyl adjacent to an activating group) is 1. The second-order valence-electron chi connectivity index (χ2n) is 4.37. The molecule has 0 heterocycles. The molecule has 1 atom stereocenters. The zero-order valence-electron chi connectivity index (χ0n) is 10.0. The van der Waals surface area contributed by atoms with Gasteiger partial charge >= 0.3 is 0 Å². The van der Waals surface area contributed by atoms with Crippen LogP contribution in [0.2, 0.25) is 0 Å². The van der Waals surface area contributed by atoms with E-state index in [1.807, 2.05) is 0 Å². The van der Waals surface area contributed by atoms with Gasteiger partial charge in [0.25, 0.3) is 0 Å². The van der Waals surface area contributed by atoms with Crippen LogP contribution in [0.4, 0.5) is 0 Å². The maximum atomic E-state index is 5.20. The molecule has 0 amide bonds. The zero-order valence-corrected chi connectivity index (χ0v) is 10.0. The third-order valence-corrected chi connectivity index (χ3v) is 2.27. The van der Waals surface area contributed by atoms with E-state index in [0.29, 0.717) is 12.0 Å². The molecule has 2 nitrogen and oxygen atoms in total. The van der Waals surface area contributed by atoms with E-state index in [0.717, 1.165) is 25.9 Å². The fourth-order valence-electron chi connectivity index (χ4n) is 1.38. The number of hydrogen-bond donors (Lipinski definition) is 1. The van der Waals surface area contributed by atoms with Gasteiger partial charge in [-0.3, -0.25) is 0 Å². The monoisotopic (exact) mass is 196 g/mol. The van der Waals surface area contributed by atoms with Gasteiger partial charge < -0.3 is 10.2 Å². The largest absolute Gasteiger partial charge is 0.312 e. The van der Waals surface area contributed by atoms with E-state index in [1.54, 1.807) is 0 Å². The predicted octanol–water partition coefficient (Wildman–Crippen LogP) is 1.58. The van der Waals surface area contributed by atoms with E-state index in [-0.39, 0.29) is 0 Å². The number of unbranched alkanes of at least 4 members (excludes halogenated alkanes) is 1. The molecule has 0 aromatic carbocycles. The van der Waals surface area contributed by atoms with Crippen LogP contribution in [-0.2, 0) is 0 Å². The van der Waals surface area contributed by atoms with E-state index in [1.165, 1.54) is 0 Å². The molecular weight excluding hydrogens is 172 g/mol. The standard InChI is InChI=1S/C12H24N2/c1-6-7-8-9-13-12(11(2)3)10-14(4)5/h1,11-13H,7-10H2,2-5H3. The maximum absolute atomic E-state index is 5.20. The van der Waals surface area contributed by atoms with Crippen LogP contribution >= 0.6 is 0 Å². The lowest BCUT2D eigenvalue weighted by Crippen LogP contribution is -2.42. The summed E-state index contributed by atoms with van der Waals surface area (Å²) in [5, 5.41) is 3.55. The average molecular weight is 196 g/mol. The second kappa shape index (κ2) is 7.84. The van der Waals surface area contributed by atoms with E-state index in [2.05, 4.69) is 44.1 Å². The molecule has 1 N–H and O–H groups in total. The quantitative estimate of drug-likeness (QED) is 0.491. The topological polar surface area (TPSA) is 15.3 Å². The highest BCUT2D eigenvalue weighted by Crippen LogP contribution is 2.02. The molecule has 0 aromatic heterocycles. The summed E-state index contributed by atoms with van der Waals surface area (Å²) in [6.45, 7) is 6.62. The summed E-state index contributed by atoms with van der Waals surface area (Å²) in [4.78, 5) is 2.22. The lowest BCUT2D eigenvalue weighted by Gasteiger charge is -2.25. The Morgan fingerprint density at radius 2 is 2.00 bits per heavy atom. The third-order valence-electron chi connectivity index (χ3n) is 2.27. The molecule has 0 fully saturated rings. The molecule has 0 aliphatic rings. The van der Waals surface area contributed by atoms with Crippen molar-refractivity contribution in [2.75, 3.05) is 27.2 Å². The smallest absolute Gasteiger partial charge is 0.0217 e. The molecule has 2 heteroatoms. The van der Waals surface area contributed by atoms with Crippen LogP contribution in [0.3, 0.4) is 0 Å². The SMILES string of the molecule is C#CCCCNC(CN(C)C)C(C)C. The number of terminal acetylenes is 1. The summed E-state index contributed by atoms with van der Waals surface area (Å²) < 4.78 is 0. The molecular formula is C12H24N2. The van der Waals surface area contributed by atoms with Gasteiger partial charge in [0, 0.05) is 19.0 Å². The minimum absolute atomic E-state index is 0.572. The van der Waals surface area contributed by atoms with Crippen LogP contribution in [0.15, 0.2) is 0 Å². The van der Waals surface area contributed by atoms with Crippen molar-refractivity contribution < 1.29 is 0 Å². The van der Waals surface area contributed by atoms with Crippen molar-refractivity contribution in [1.29, 1.82) is 0 Å². The molecule has 0 aromatic rings. The van der Waals surface area contributed by atoms with E-state index in [9.17, 15) is 0 Å². The van der Waals surface area contributed by atoms with Crippen molar-refractivity contribution >= 4 is 0 Å². The molecule has 1 unspecified atom stereocenters. The van der Waals surface area contributed by atoms with Gasteiger partial charge in [-0.25, -0.2) is 0 Å². The van der Waals surface area contributed by atoms with Crippen molar-refractivity contribution in [1.82, 2.24) is 10.2 Å². The van der Waals surface area contributed by atoms with Crippen molar-refractivity contribution in [3.05, 3.63) is 0 Å². The Hall–Kier alpha value is -0.520. The Bertz CT molecular complexity index is 168. The Morgan fingerprint density at radius 3 is 2.43 bits per heavy atom. The normalized spacial score (nSPS) is 13.2. The predicted molar refractivity (Wildman–Crippen MR) is 63.2 cm³/mol. The summed E-state index contributed by atoms with van der Waals surface area (Å²) in [5.74, 6) is 3.33. The highest BCUT2D eigenvalue weighted by atomic mass is 15.1. The molecule has 0 spiro atoms. The Morgan fingerprint density at radius 1 is 1.36 bits per heavy atom. The lowest BCUT2D eigenvalue weighted by molar-refractivity contribution is 0.289. The van der Waals surface area contributed by atoms with E-state index >= 15 is 0 Å². The van der Waals surface area contributed by atoms with Gasteiger partial charge in [0.15, 0.2) is 0 Å². The number of rotatable bonds is 7. The Labute approximate surface area is 89.1 Å². The van der Waals surface area contributed by atoms with E-state index in [4.69, 9.17) is 6.42 Å². The number of nitrogens with zero attached hydrogens (tertiary/aromatic N) is 1. The summed E-state index contributed by atoms with van der Waals surface area (Å²) in [6, 6.07) is 0.572. The number of hydrogen-bond acceptors (Lipinski definition) is 2. The lowest BCUT2D eigenvalue weighted by atomic mass is 10.0. The first kappa shape index (κ1) is 13.5. The first-order valence-corrected chi connectivity index (χ1v) is 5.39. The molecule has 0 rings (SSSR count). The highest BCUT2D eigenvalue weighted by molar-refractivity contribution is 4.83. The van der Waals surface area contributed by atoms with Gasteiger partial charge in [-0.05, 0) is 33.0 Å². The minimum atomic E-state index is 0.572. The van der Waals surface area contributed by atoms with Crippen molar-refractivity contribution in [3.8, 4) is 12.3 Å². The van der Waals surface area contributed by atoms with Crippen LogP contribution < -0.4 is 5.32 Å². The van der Waals surface area contributed by atoms with Crippen molar-refractivity contribution in [2.24, 2.45) is 5.92 Å². The van der Waals surface area contributed by atoms with Gasteiger partial charge in [0.1, 0.15) is 0 Å². The molecule has 0 aliphatic carbocycles. The van der Waals surface area contributed by atoms with Gasteiger partial charge in [-0.15, -0.1) is 12.3 Å². The molecule has 0 aliphatic heterocycles. The Kier molecular flexibility index (Phi) is 7.55. The maximum Gasteiger partial charge on any atom is 0.0217 e. The van der Waals surface area contributed by atoms with Crippen molar-refractivity contribution in [2.45, 2.75) is 32.7 Å². The molecule has 0 radical (unpaired) electrons. The summed E-state index contributed by atoms with van der Waals surface area (Å²) >= 11 is 0. The minimum Gasteiger partial charge on any atom is -0.312 e. The van der Waals surface area contributed by atoms with Crippen LogP contribution in [-0.4, -0.2) is 38.1 Å². The van der Waals surface area contributed by atoms with Crippen LogP contribution in [0.5, 0.6) is 0 Å². The molecule has 0 saturated heterocycles. The summed E-state index contributed by atoms with van der Waals surface area (Å²) in [6.07, 6.45) is 7.15.